The van der Waals surface area contributed by atoms with Crippen molar-refractivity contribution in [3.8, 4) is 5.75 Å². The largest absolute Gasteiger partial charge is 0.496 e. The van der Waals surface area contributed by atoms with Gasteiger partial charge in [-0.1, -0.05) is 24.3 Å². The Hall–Kier alpha value is -2.16. The third-order valence-electron chi connectivity index (χ3n) is 5.29. The Bertz CT molecular complexity index is 904. The molecule has 6 nitrogen and oxygen atoms in total. The van der Waals surface area contributed by atoms with Crippen molar-refractivity contribution in [1.82, 2.24) is 10.2 Å². The fraction of sp³-hybridized carbons (Fsp3) is 0.417. The van der Waals surface area contributed by atoms with Crippen LogP contribution < -0.4 is 15.4 Å². The lowest BCUT2D eigenvalue weighted by Gasteiger charge is -2.26. The van der Waals surface area contributed by atoms with Crippen LogP contribution in [0.15, 0.2) is 48.5 Å². The van der Waals surface area contributed by atoms with Crippen molar-refractivity contribution in [1.29, 1.82) is 0 Å². The maximum Gasteiger partial charge on any atom is 0.255 e. The van der Waals surface area contributed by atoms with Gasteiger partial charge in [0.1, 0.15) is 11.8 Å². The third-order valence-corrected chi connectivity index (χ3v) is 6.87. The number of para-hydroxylation sites is 1. The van der Waals surface area contributed by atoms with E-state index in [1.807, 2.05) is 42.3 Å². The molecule has 1 heterocycles. The van der Waals surface area contributed by atoms with Gasteiger partial charge in [-0.05, 0) is 48.3 Å². The van der Waals surface area contributed by atoms with E-state index in [4.69, 9.17) is 4.74 Å². The highest BCUT2D eigenvalue weighted by molar-refractivity contribution is 7.99. The highest BCUT2D eigenvalue weighted by Crippen LogP contribution is 2.19. The van der Waals surface area contributed by atoms with Crippen LogP contribution in [-0.4, -0.2) is 66.5 Å². The number of benzene rings is 2. The summed E-state index contributed by atoms with van der Waals surface area (Å²) >= 11 is 3.64. The highest BCUT2D eigenvalue weighted by Gasteiger charge is 2.23. The van der Waals surface area contributed by atoms with Crippen molar-refractivity contribution in [2.45, 2.75) is 19.0 Å². The predicted octanol–water partition coefficient (Wildman–Crippen LogP) is 3.73. The summed E-state index contributed by atoms with van der Waals surface area (Å²) < 4.78 is 5.29. The molecule has 0 spiro atoms. The van der Waals surface area contributed by atoms with Gasteiger partial charge >= 0.3 is 0 Å². The molecule has 0 aliphatic carbocycles. The lowest BCUT2D eigenvalue weighted by Crippen LogP contribution is -2.44. The summed E-state index contributed by atoms with van der Waals surface area (Å²) in [7, 11) is 1.53. The fourth-order valence-corrected chi connectivity index (χ4v) is 5.02. The van der Waals surface area contributed by atoms with E-state index in [2.05, 4.69) is 21.6 Å². The summed E-state index contributed by atoms with van der Waals surface area (Å²) in [4.78, 5) is 28.3. The van der Waals surface area contributed by atoms with Crippen LogP contribution in [0.1, 0.15) is 22.3 Å². The van der Waals surface area contributed by atoms with Crippen molar-refractivity contribution in [3.05, 3.63) is 59.7 Å². The zero-order valence-electron chi connectivity index (χ0n) is 18.6. The van der Waals surface area contributed by atoms with Crippen molar-refractivity contribution in [2.24, 2.45) is 0 Å². The Labute approximate surface area is 198 Å². The van der Waals surface area contributed by atoms with Gasteiger partial charge in [-0.15, -0.1) is 0 Å². The van der Waals surface area contributed by atoms with E-state index >= 15 is 0 Å². The topological polar surface area (TPSA) is 70.7 Å². The summed E-state index contributed by atoms with van der Waals surface area (Å²) in [5, 5.41) is 5.89. The van der Waals surface area contributed by atoms with Crippen molar-refractivity contribution in [2.75, 3.05) is 49.0 Å². The molecule has 2 amide bonds. The number of methoxy groups -OCH3 is 1. The van der Waals surface area contributed by atoms with E-state index in [-0.39, 0.29) is 11.8 Å². The smallest absolute Gasteiger partial charge is 0.255 e. The van der Waals surface area contributed by atoms with Crippen LogP contribution >= 0.6 is 23.5 Å². The van der Waals surface area contributed by atoms with E-state index in [1.165, 1.54) is 24.2 Å². The molecule has 1 fully saturated rings. The van der Waals surface area contributed by atoms with Crippen LogP contribution in [0.2, 0.25) is 0 Å². The first-order valence-electron chi connectivity index (χ1n) is 10.7. The Kier molecular flexibility index (Phi) is 9.77. The minimum atomic E-state index is -0.636. The van der Waals surface area contributed by atoms with Crippen LogP contribution in [0.5, 0.6) is 5.75 Å². The Morgan fingerprint density at radius 3 is 2.69 bits per heavy atom. The molecule has 0 radical (unpaired) electrons. The molecule has 0 saturated carbocycles. The molecule has 0 bridgehead atoms. The van der Waals surface area contributed by atoms with Gasteiger partial charge in [-0.2, -0.15) is 23.5 Å². The zero-order chi connectivity index (χ0) is 22.8. The number of hydrogen-bond donors (Lipinski definition) is 2. The molecule has 1 atom stereocenters. The Balaban J connectivity index is 1.66. The number of carbonyl (C=O) groups is 2. The van der Waals surface area contributed by atoms with Gasteiger partial charge < -0.3 is 15.4 Å². The van der Waals surface area contributed by atoms with Gasteiger partial charge in [0.2, 0.25) is 5.91 Å². The Morgan fingerprint density at radius 2 is 1.94 bits per heavy atom. The van der Waals surface area contributed by atoms with Crippen molar-refractivity contribution >= 4 is 41.0 Å². The molecule has 1 aliphatic heterocycles. The summed E-state index contributed by atoms with van der Waals surface area (Å²) in [6, 6.07) is 14.3. The van der Waals surface area contributed by atoms with Crippen LogP contribution in [-0.2, 0) is 11.3 Å². The van der Waals surface area contributed by atoms with Gasteiger partial charge in [0.05, 0.1) is 12.7 Å². The van der Waals surface area contributed by atoms with Crippen molar-refractivity contribution < 1.29 is 14.3 Å². The van der Waals surface area contributed by atoms with Crippen molar-refractivity contribution in [3.63, 3.8) is 0 Å². The second kappa shape index (κ2) is 12.8. The number of rotatable bonds is 10. The quantitative estimate of drug-likeness (QED) is 0.548. The number of ether oxygens (including phenoxy) is 1. The number of anilines is 1. The minimum Gasteiger partial charge on any atom is -0.496 e. The number of nitrogens with zero attached hydrogens (tertiary/aromatic N) is 1. The minimum absolute atomic E-state index is 0.214. The molecule has 1 unspecified atom stereocenters. The van der Waals surface area contributed by atoms with Crippen LogP contribution in [0.25, 0.3) is 0 Å². The summed E-state index contributed by atoms with van der Waals surface area (Å²) in [5.41, 5.74) is 2.34. The molecule has 2 aromatic carbocycles. The molecule has 0 aromatic heterocycles. The average Bonchev–Trinajstić information content (AvgIpc) is 2.82. The molecular formula is C24H31N3O3S2. The second-order valence-corrected chi connectivity index (χ2v) is 9.80. The second-order valence-electron chi connectivity index (χ2n) is 7.59. The Morgan fingerprint density at radius 1 is 1.16 bits per heavy atom. The molecule has 2 aromatic rings. The monoisotopic (exact) mass is 473 g/mol. The normalized spacial score (nSPS) is 15.1. The number of thioether (sulfide) groups is 2. The third kappa shape index (κ3) is 7.18. The number of nitrogens with one attached hydrogen (secondary N) is 2. The van der Waals surface area contributed by atoms with Gasteiger partial charge in [0, 0.05) is 36.8 Å². The lowest BCUT2D eigenvalue weighted by atomic mass is 10.1. The van der Waals surface area contributed by atoms with E-state index in [1.54, 1.807) is 30.0 Å². The number of amides is 2. The van der Waals surface area contributed by atoms with Crippen LogP contribution in [0, 0.1) is 0 Å². The highest BCUT2D eigenvalue weighted by atomic mass is 32.2. The predicted molar refractivity (Wildman–Crippen MR) is 135 cm³/mol. The van der Waals surface area contributed by atoms with E-state index < -0.39 is 6.04 Å². The standard InChI is InChI=1S/C24H31N3O3S2/c1-30-22-9-4-3-8-20(22)23(28)26-21(10-13-31-2)24(29)25-19-7-5-6-18(16-19)17-27-11-14-32-15-12-27/h3-9,16,21H,10-15,17H2,1-2H3,(H,25,29)(H,26,28). The van der Waals surface area contributed by atoms with Crippen LogP contribution in [0.4, 0.5) is 5.69 Å². The number of carbonyl (C=O) groups excluding carboxylic acids is 2. The first kappa shape index (κ1) is 24.5. The molecule has 8 heteroatoms. The summed E-state index contributed by atoms with van der Waals surface area (Å²) in [6.45, 7) is 3.06. The number of hydrogen-bond acceptors (Lipinski definition) is 6. The average molecular weight is 474 g/mol. The summed E-state index contributed by atoms with van der Waals surface area (Å²) in [6.07, 6.45) is 2.53. The van der Waals surface area contributed by atoms with Gasteiger partial charge in [0.15, 0.2) is 0 Å². The SMILES string of the molecule is COc1ccccc1C(=O)NC(CCSC)C(=O)Nc1cccc(CN2CCSCC2)c1. The molecule has 172 valence electrons. The van der Waals surface area contributed by atoms with Crippen LogP contribution in [0.3, 0.4) is 0 Å². The van der Waals surface area contributed by atoms with Gasteiger partial charge in [-0.25, -0.2) is 0 Å². The molecule has 2 N–H and O–H groups in total. The first-order valence-corrected chi connectivity index (χ1v) is 13.3. The molecular weight excluding hydrogens is 442 g/mol. The maximum atomic E-state index is 13.1. The van der Waals surface area contributed by atoms with E-state index in [9.17, 15) is 9.59 Å². The first-order chi connectivity index (χ1) is 15.6. The molecule has 3 rings (SSSR count). The molecule has 1 aliphatic rings. The van der Waals surface area contributed by atoms with E-state index in [0.29, 0.717) is 17.7 Å². The lowest BCUT2D eigenvalue weighted by molar-refractivity contribution is -0.118. The molecule has 32 heavy (non-hydrogen) atoms. The van der Waals surface area contributed by atoms with E-state index in [0.717, 1.165) is 31.1 Å². The fourth-order valence-electron chi connectivity index (χ4n) is 3.57. The maximum absolute atomic E-state index is 13.1. The zero-order valence-corrected chi connectivity index (χ0v) is 20.3. The summed E-state index contributed by atoms with van der Waals surface area (Å²) in [5.74, 6) is 3.04. The van der Waals surface area contributed by atoms with Gasteiger partial charge in [0.25, 0.3) is 5.91 Å². The van der Waals surface area contributed by atoms with Gasteiger partial charge in [-0.3, -0.25) is 14.5 Å². The molecule has 1 saturated heterocycles.